The van der Waals surface area contributed by atoms with Crippen LogP contribution in [0.15, 0.2) is 18.2 Å². The van der Waals surface area contributed by atoms with Crippen molar-refractivity contribution >= 4 is 23.4 Å². The molecule has 5 heteroatoms. The molecule has 1 fully saturated rings. The second kappa shape index (κ2) is 5.31. The Morgan fingerprint density at radius 3 is 3.12 bits per heavy atom. The monoisotopic (exact) mass is 252 g/mol. The fourth-order valence-electron chi connectivity index (χ4n) is 1.82. The number of hydrogen-bond acceptors (Lipinski definition) is 4. The number of phenolic OH excluding ortho intramolecular Hbond substituents is 1. The predicted octanol–water partition coefficient (Wildman–Crippen LogP) is 1.34. The highest BCUT2D eigenvalue weighted by Gasteiger charge is 2.22. The van der Waals surface area contributed by atoms with E-state index in [0.717, 1.165) is 17.9 Å². The summed E-state index contributed by atoms with van der Waals surface area (Å²) in [5, 5.41) is 12.4. The summed E-state index contributed by atoms with van der Waals surface area (Å²) in [4.78, 5) is 11.8. The maximum Gasteiger partial charge on any atom is 0.224 e. The van der Waals surface area contributed by atoms with Gasteiger partial charge in [-0.15, -0.1) is 0 Å². The topological polar surface area (TPSA) is 75.3 Å². The van der Waals surface area contributed by atoms with E-state index in [0.29, 0.717) is 17.8 Å². The Hall–Kier alpha value is -1.36. The summed E-state index contributed by atoms with van der Waals surface area (Å²) in [6.07, 6.45) is 0.944. The van der Waals surface area contributed by atoms with Gasteiger partial charge in [-0.1, -0.05) is 0 Å². The van der Waals surface area contributed by atoms with E-state index in [9.17, 15) is 9.90 Å². The van der Waals surface area contributed by atoms with Gasteiger partial charge in [-0.3, -0.25) is 4.79 Å². The van der Waals surface area contributed by atoms with Crippen LogP contribution in [0.25, 0.3) is 0 Å². The number of carbonyl (C=O) groups excluding carboxylic acids is 1. The van der Waals surface area contributed by atoms with Crippen molar-refractivity contribution in [1.29, 1.82) is 0 Å². The molecule has 0 spiro atoms. The molecular weight excluding hydrogens is 236 g/mol. The molecule has 4 N–H and O–H groups in total. The maximum atomic E-state index is 11.8. The molecule has 0 aliphatic carbocycles. The minimum absolute atomic E-state index is 0.0665. The molecule has 4 nitrogen and oxygen atoms in total. The minimum Gasteiger partial charge on any atom is -0.508 e. The Bertz CT molecular complexity index is 417. The van der Waals surface area contributed by atoms with Crippen molar-refractivity contribution in [2.75, 3.05) is 17.2 Å². The zero-order valence-electron chi connectivity index (χ0n) is 9.48. The quantitative estimate of drug-likeness (QED) is 0.560. The zero-order valence-corrected chi connectivity index (χ0v) is 10.3. The van der Waals surface area contributed by atoms with E-state index < -0.39 is 0 Å². The number of anilines is 1. The summed E-state index contributed by atoms with van der Waals surface area (Å²) < 4.78 is 0. The molecular formula is C12H16N2O2S. The van der Waals surface area contributed by atoms with Crippen molar-refractivity contribution in [2.24, 2.45) is 5.92 Å². The van der Waals surface area contributed by atoms with E-state index in [1.807, 2.05) is 11.8 Å². The van der Waals surface area contributed by atoms with Gasteiger partial charge >= 0.3 is 0 Å². The number of hydrogen-bond donors (Lipinski definition) is 3. The van der Waals surface area contributed by atoms with E-state index in [2.05, 4.69) is 5.32 Å². The van der Waals surface area contributed by atoms with Crippen molar-refractivity contribution in [3.05, 3.63) is 23.8 Å². The van der Waals surface area contributed by atoms with E-state index in [4.69, 9.17) is 5.73 Å². The zero-order chi connectivity index (χ0) is 12.3. The molecule has 2 rings (SSSR count). The Kier molecular flexibility index (Phi) is 3.78. The van der Waals surface area contributed by atoms with Crippen molar-refractivity contribution in [2.45, 2.75) is 13.0 Å². The van der Waals surface area contributed by atoms with Gasteiger partial charge in [-0.05, 0) is 30.4 Å². The Morgan fingerprint density at radius 2 is 2.41 bits per heavy atom. The molecule has 1 saturated heterocycles. The predicted molar refractivity (Wildman–Crippen MR) is 69.8 cm³/mol. The number of carbonyl (C=O) groups is 1. The van der Waals surface area contributed by atoms with Crippen LogP contribution in [0.2, 0.25) is 0 Å². The standard InChI is InChI=1S/C12H16N2O2S/c13-10-1-2-11(15)9(5-10)6-14-12(16)8-3-4-17-7-8/h1-2,5,8,15H,3-4,6-7,13H2,(H,14,16). The van der Waals surface area contributed by atoms with Gasteiger partial charge in [0.2, 0.25) is 5.91 Å². The smallest absolute Gasteiger partial charge is 0.224 e. The molecule has 1 aromatic carbocycles. The van der Waals surface area contributed by atoms with Crippen LogP contribution in [0, 0.1) is 5.92 Å². The normalized spacial score (nSPS) is 19.2. The lowest BCUT2D eigenvalue weighted by molar-refractivity contribution is -0.124. The van der Waals surface area contributed by atoms with Gasteiger partial charge in [0.25, 0.3) is 0 Å². The van der Waals surface area contributed by atoms with Gasteiger partial charge in [0.15, 0.2) is 0 Å². The molecule has 1 unspecified atom stereocenters. The maximum absolute atomic E-state index is 11.8. The summed E-state index contributed by atoms with van der Waals surface area (Å²) in [7, 11) is 0. The number of rotatable bonds is 3. The summed E-state index contributed by atoms with van der Waals surface area (Å²) in [5.74, 6) is 2.30. The molecule has 0 bridgehead atoms. The summed E-state index contributed by atoms with van der Waals surface area (Å²) in [6.45, 7) is 0.330. The molecule has 1 aromatic rings. The molecule has 1 aliphatic heterocycles. The van der Waals surface area contributed by atoms with Gasteiger partial charge < -0.3 is 16.2 Å². The molecule has 1 heterocycles. The van der Waals surface area contributed by atoms with Gasteiger partial charge in [-0.2, -0.15) is 11.8 Å². The van der Waals surface area contributed by atoms with Crippen molar-refractivity contribution in [1.82, 2.24) is 5.32 Å². The van der Waals surface area contributed by atoms with Crippen LogP contribution in [0.5, 0.6) is 5.75 Å². The van der Waals surface area contributed by atoms with Crippen molar-refractivity contribution < 1.29 is 9.90 Å². The van der Waals surface area contributed by atoms with Crippen LogP contribution in [0.3, 0.4) is 0 Å². The first-order valence-electron chi connectivity index (χ1n) is 5.59. The number of amides is 1. The lowest BCUT2D eigenvalue weighted by Gasteiger charge is -2.11. The first kappa shape index (κ1) is 12.1. The molecule has 0 aromatic heterocycles. The number of benzene rings is 1. The highest BCUT2D eigenvalue weighted by molar-refractivity contribution is 7.99. The average molecular weight is 252 g/mol. The molecule has 0 radical (unpaired) electrons. The Balaban J connectivity index is 1.92. The van der Waals surface area contributed by atoms with Crippen molar-refractivity contribution in [3.8, 4) is 5.75 Å². The van der Waals surface area contributed by atoms with Crippen LogP contribution in [0.4, 0.5) is 5.69 Å². The molecule has 1 aliphatic rings. The number of nitrogen functional groups attached to an aromatic ring is 1. The van der Waals surface area contributed by atoms with Crippen molar-refractivity contribution in [3.63, 3.8) is 0 Å². The van der Waals surface area contributed by atoms with Gasteiger partial charge in [0.1, 0.15) is 5.75 Å². The third-order valence-electron chi connectivity index (χ3n) is 2.86. The van der Waals surface area contributed by atoms with Crippen LogP contribution in [-0.4, -0.2) is 22.5 Å². The molecule has 1 atom stereocenters. The third-order valence-corrected chi connectivity index (χ3v) is 4.02. The number of nitrogens with two attached hydrogens (primary N) is 1. The largest absolute Gasteiger partial charge is 0.508 e. The molecule has 0 saturated carbocycles. The number of nitrogens with one attached hydrogen (secondary N) is 1. The Morgan fingerprint density at radius 1 is 1.59 bits per heavy atom. The summed E-state index contributed by atoms with van der Waals surface area (Å²) in [5.41, 5.74) is 6.87. The van der Waals surface area contributed by atoms with Crippen LogP contribution in [0.1, 0.15) is 12.0 Å². The number of phenols is 1. The highest BCUT2D eigenvalue weighted by atomic mass is 32.2. The molecule has 17 heavy (non-hydrogen) atoms. The van der Waals surface area contributed by atoms with Crippen LogP contribution >= 0.6 is 11.8 Å². The third kappa shape index (κ3) is 3.06. The summed E-state index contributed by atoms with van der Waals surface area (Å²) >= 11 is 1.81. The lowest BCUT2D eigenvalue weighted by atomic mass is 10.1. The Labute approximate surface area is 105 Å². The second-order valence-corrected chi connectivity index (χ2v) is 5.32. The van der Waals surface area contributed by atoms with Gasteiger partial charge in [0.05, 0.1) is 0 Å². The van der Waals surface area contributed by atoms with E-state index in [1.165, 1.54) is 0 Å². The van der Waals surface area contributed by atoms with Crippen LogP contribution < -0.4 is 11.1 Å². The first-order valence-corrected chi connectivity index (χ1v) is 6.75. The van der Waals surface area contributed by atoms with E-state index >= 15 is 0 Å². The number of thioether (sulfide) groups is 1. The van der Waals surface area contributed by atoms with E-state index in [1.54, 1.807) is 18.2 Å². The fraction of sp³-hybridized carbons (Fsp3) is 0.417. The number of aromatic hydroxyl groups is 1. The second-order valence-electron chi connectivity index (χ2n) is 4.17. The first-order chi connectivity index (χ1) is 8.16. The highest BCUT2D eigenvalue weighted by Crippen LogP contribution is 2.24. The van der Waals surface area contributed by atoms with Gasteiger partial charge in [-0.25, -0.2) is 0 Å². The van der Waals surface area contributed by atoms with Crippen LogP contribution in [-0.2, 0) is 11.3 Å². The molecule has 1 amide bonds. The average Bonchev–Trinajstić information content (AvgIpc) is 2.83. The summed E-state index contributed by atoms with van der Waals surface area (Å²) in [6, 6.07) is 4.86. The SMILES string of the molecule is Nc1ccc(O)c(CNC(=O)C2CCSC2)c1. The van der Waals surface area contributed by atoms with Gasteiger partial charge in [0, 0.05) is 29.5 Å². The molecule has 92 valence electrons. The minimum atomic E-state index is 0.0665. The van der Waals surface area contributed by atoms with E-state index in [-0.39, 0.29) is 17.6 Å². The fourth-order valence-corrected chi connectivity index (χ4v) is 3.04. The lowest BCUT2D eigenvalue weighted by Crippen LogP contribution is -2.30.